The maximum atomic E-state index is 9.82. The van der Waals surface area contributed by atoms with Gasteiger partial charge in [0.05, 0.1) is 16.8 Å². The van der Waals surface area contributed by atoms with Crippen LogP contribution in [0, 0.1) is 0 Å². The Morgan fingerprint density at radius 3 is 0.548 bits per heavy atom. The standard InChI is InChI=1S/3C9H20O.Ta/c3*1-4-7-9(10,6-3)8-5-2;/h3*10H,4-8H2,1-3H3;. The molecule has 31 heavy (non-hydrogen) atoms. The van der Waals surface area contributed by atoms with Crippen LogP contribution in [0.3, 0.4) is 0 Å². The monoisotopic (exact) mass is 613 g/mol. The van der Waals surface area contributed by atoms with E-state index in [2.05, 4.69) is 62.3 Å². The molecule has 0 heterocycles. The minimum absolute atomic E-state index is 0. The second-order valence-corrected chi connectivity index (χ2v) is 9.23. The summed E-state index contributed by atoms with van der Waals surface area (Å²) in [6.45, 7) is 18.9. The average molecular weight is 614 g/mol. The van der Waals surface area contributed by atoms with Gasteiger partial charge in [0.15, 0.2) is 0 Å². The summed E-state index contributed by atoms with van der Waals surface area (Å²) in [6, 6.07) is 0. The van der Waals surface area contributed by atoms with Gasteiger partial charge in [-0.05, 0) is 57.8 Å². The molecule has 0 unspecified atom stereocenters. The first-order valence-electron chi connectivity index (χ1n) is 13.2. The fraction of sp³-hybridized carbons (Fsp3) is 1.00. The zero-order valence-electron chi connectivity index (χ0n) is 22.9. The molecular formula is C27H60O3Ta. The molecule has 0 aromatic rings. The molecule has 0 aliphatic rings. The molecule has 3 nitrogen and oxygen atoms in total. The van der Waals surface area contributed by atoms with Crippen molar-refractivity contribution >= 4 is 0 Å². The zero-order valence-corrected chi connectivity index (χ0v) is 26.1. The molecular weight excluding hydrogens is 553 g/mol. The van der Waals surface area contributed by atoms with E-state index in [1.54, 1.807) is 0 Å². The molecule has 0 saturated heterocycles. The Bertz CT molecular complexity index is 277. The predicted molar refractivity (Wildman–Crippen MR) is 135 cm³/mol. The summed E-state index contributed by atoms with van der Waals surface area (Å²) in [4.78, 5) is 0. The van der Waals surface area contributed by atoms with Crippen molar-refractivity contribution in [1.82, 2.24) is 0 Å². The molecule has 0 atom stereocenters. The van der Waals surface area contributed by atoms with E-state index in [9.17, 15) is 15.3 Å². The molecule has 1 radical (unpaired) electrons. The molecule has 4 heteroatoms. The maximum Gasteiger partial charge on any atom is 0.0645 e. The Morgan fingerprint density at radius 2 is 0.484 bits per heavy atom. The molecule has 191 valence electrons. The van der Waals surface area contributed by atoms with Crippen molar-refractivity contribution in [2.45, 2.75) is 175 Å². The zero-order chi connectivity index (χ0) is 24.1. The smallest absolute Gasteiger partial charge is 0.0645 e. The summed E-state index contributed by atoms with van der Waals surface area (Å²) >= 11 is 0. The molecule has 0 rings (SSSR count). The van der Waals surface area contributed by atoms with E-state index in [-0.39, 0.29) is 39.2 Å². The van der Waals surface area contributed by atoms with Gasteiger partial charge in [-0.1, -0.05) is 101 Å². The third-order valence-electron chi connectivity index (χ3n) is 6.27. The molecule has 0 spiro atoms. The van der Waals surface area contributed by atoms with Gasteiger partial charge in [0.25, 0.3) is 0 Å². The van der Waals surface area contributed by atoms with Gasteiger partial charge in [0.1, 0.15) is 0 Å². The topological polar surface area (TPSA) is 60.7 Å². The van der Waals surface area contributed by atoms with Gasteiger partial charge in [-0.2, -0.15) is 0 Å². The number of hydrogen-bond donors (Lipinski definition) is 3. The third-order valence-corrected chi connectivity index (χ3v) is 6.27. The summed E-state index contributed by atoms with van der Waals surface area (Å²) in [5, 5.41) is 29.5. The van der Waals surface area contributed by atoms with E-state index in [0.717, 1.165) is 96.3 Å². The SMILES string of the molecule is CCCC(O)(CC)CCC.CCCC(O)(CC)CCC.CCCC(O)(CC)CCC.[Ta]. The summed E-state index contributed by atoms with van der Waals surface area (Å²) in [5.41, 5.74) is -1.07. The van der Waals surface area contributed by atoms with Crippen LogP contribution in [0.25, 0.3) is 0 Å². The van der Waals surface area contributed by atoms with E-state index in [0.29, 0.717) is 0 Å². The fourth-order valence-corrected chi connectivity index (χ4v) is 4.23. The van der Waals surface area contributed by atoms with Crippen LogP contribution in [-0.4, -0.2) is 32.1 Å². The van der Waals surface area contributed by atoms with E-state index < -0.39 is 0 Å². The van der Waals surface area contributed by atoms with E-state index in [4.69, 9.17) is 0 Å². The third kappa shape index (κ3) is 22.2. The Kier molecular flexibility index (Phi) is 29.8. The Labute approximate surface area is 212 Å². The van der Waals surface area contributed by atoms with Crippen LogP contribution in [0.1, 0.15) is 159 Å². The van der Waals surface area contributed by atoms with Crippen molar-refractivity contribution in [3.8, 4) is 0 Å². The largest absolute Gasteiger partial charge is 0.390 e. The number of rotatable bonds is 15. The van der Waals surface area contributed by atoms with Crippen molar-refractivity contribution < 1.29 is 37.7 Å². The van der Waals surface area contributed by atoms with Gasteiger partial charge in [0, 0.05) is 22.4 Å². The summed E-state index contributed by atoms with van der Waals surface area (Å²) in [6.07, 6.45) is 15.0. The summed E-state index contributed by atoms with van der Waals surface area (Å²) in [7, 11) is 0. The first-order valence-corrected chi connectivity index (χ1v) is 13.2. The molecule has 0 aliphatic carbocycles. The van der Waals surface area contributed by atoms with Crippen LogP contribution in [-0.2, 0) is 22.4 Å². The molecule has 3 N–H and O–H groups in total. The molecule has 0 aliphatic heterocycles. The summed E-state index contributed by atoms with van der Waals surface area (Å²) in [5.74, 6) is 0. The Morgan fingerprint density at radius 1 is 0.355 bits per heavy atom. The van der Waals surface area contributed by atoms with Crippen LogP contribution in [0.2, 0.25) is 0 Å². The molecule has 0 fully saturated rings. The van der Waals surface area contributed by atoms with Crippen molar-refractivity contribution in [2.24, 2.45) is 0 Å². The van der Waals surface area contributed by atoms with E-state index in [1.165, 1.54) is 0 Å². The normalized spacial score (nSPS) is 11.6. The quantitative estimate of drug-likeness (QED) is 0.175. The van der Waals surface area contributed by atoms with Crippen LogP contribution in [0.4, 0.5) is 0 Å². The van der Waals surface area contributed by atoms with Gasteiger partial charge in [-0.25, -0.2) is 0 Å². The molecule has 0 aromatic carbocycles. The Balaban J connectivity index is -0.000000174. The summed E-state index contributed by atoms with van der Waals surface area (Å²) < 4.78 is 0. The van der Waals surface area contributed by atoms with Gasteiger partial charge in [-0.15, -0.1) is 0 Å². The number of aliphatic hydroxyl groups is 3. The second kappa shape index (κ2) is 23.8. The number of hydrogen-bond acceptors (Lipinski definition) is 3. The van der Waals surface area contributed by atoms with Gasteiger partial charge < -0.3 is 15.3 Å². The van der Waals surface area contributed by atoms with Crippen molar-refractivity contribution in [3.05, 3.63) is 0 Å². The first-order chi connectivity index (χ1) is 14.0. The minimum Gasteiger partial charge on any atom is -0.390 e. The molecule has 0 aromatic heterocycles. The van der Waals surface area contributed by atoms with Gasteiger partial charge in [0.2, 0.25) is 0 Å². The predicted octanol–water partition coefficient (Wildman–Crippen LogP) is 8.18. The van der Waals surface area contributed by atoms with Gasteiger partial charge in [-0.3, -0.25) is 0 Å². The van der Waals surface area contributed by atoms with Crippen molar-refractivity contribution in [1.29, 1.82) is 0 Å². The fourth-order valence-electron chi connectivity index (χ4n) is 4.23. The van der Waals surface area contributed by atoms with Crippen LogP contribution >= 0.6 is 0 Å². The van der Waals surface area contributed by atoms with Crippen LogP contribution < -0.4 is 0 Å². The molecule has 0 amide bonds. The Hall–Kier alpha value is 0.620. The van der Waals surface area contributed by atoms with Crippen LogP contribution in [0.5, 0.6) is 0 Å². The van der Waals surface area contributed by atoms with Crippen molar-refractivity contribution in [2.75, 3.05) is 0 Å². The molecule has 0 bridgehead atoms. The first kappa shape index (κ1) is 38.9. The van der Waals surface area contributed by atoms with E-state index >= 15 is 0 Å². The van der Waals surface area contributed by atoms with E-state index in [1.807, 2.05) is 0 Å². The maximum absolute atomic E-state index is 9.82. The minimum atomic E-state index is -0.358. The molecule has 0 saturated carbocycles. The van der Waals surface area contributed by atoms with Crippen LogP contribution in [0.15, 0.2) is 0 Å². The van der Waals surface area contributed by atoms with Gasteiger partial charge >= 0.3 is 0 Å². The average Bonchev–Trinajstić information content (AvgIpc) is 2.70. The van der Waals surface area contributed by atoms with Crippen molar-refractivity contribution in [3.63, 3.8) is 0 Å². The second-order valence-electron chi connectivity index (χ2n) is 9.23.